The average Bonchev–Trinajstić information content (AvgIpc) is 2.59. The highest BCUT2D eigenvalue weighted by Crippen LogP contribution is 2.17. The van der Waals surface area contributed by atoms with Crippen molar-refractivity contribution in [3.63, 3.8) is 0 Å². The number of imide groups is 1. The van der Waals surface area contributed by atoms with Gasteiger partial charge < -0.3 is 19.5 Å². The van der Waals surface area contributed by atoms with Crippen molar-refractivity contribution in [2.75, 3.05) is 26.4 Å². The molecule has 0 heterocycles. The number of ether oxygens (including phenoxy) is 3. The van der Waals surface area contributed by atoms with Gasteiger partial charge in [0.25, 0.3) is 5.91 Å². The van der Waals surface area contributed by atoms with Gasteiger partial charge in [-0.05, 0) is 43.5 Å². The number of nitrogens with one attached hydrogen (secondary N) is 2. The number of carbonyl (C=O) groups excluding carboxylic acids is 3. The van der Waals surface area contributed by atoms with Crippen LogP contribution >= 0.6 is 0 Å². The second-order valence-corrected chi connectivity index (χ2v) is 5.84. The molecule has 0 aromatic heterocycles. The first-order chi connectivity index (χ1) is 12.4. The molecule has 26 heavy (non-hydrogen) atoms. The van der Waals surface area contributed by atoms with Gasteiger partial charge in [0.1, 0.15) is 11.5 Å². The lowest BCUT2D eigenvalue weighted by molar-refractivity contribution is -0.150. The third kappa shape index (κ3) is 9.51. The molecule has 0 saturated heterocycles. The van der Waals surface area contributed by atoms with Crippen LogP contribution in [0.2, 0.25) is 0 Å². The maximum Gasteiger partial charge on any atom is 0.344 e. The van der Waals surface area contributed by atoms with Crippen LogP contribution in [0.3, 0.4) is 0 Å². The van der Waals surface area contributed by atoms with E-state index in [2.05, 4.69) is 10.6 Å². The molecule has 2 N–H and O–H groups in total. The SMILES string of the molecule is CCOc1ccc(OCC(=O)OCC(=O)NC(=O)NCCC(C)C)cc1. The zero-order valence-electron chi connectivity index (χ0n) is 15.4. The van der Waals surface area contributed by atoms with Crippen LogP contribution in [-0.4, -0.2) is 44.3 Å². The first-order valence-electron chi connectivity index (χ1n) is 8.49. The number of amides is 3. The van der Waals surface area contributed by atoms with Gasteiger partial charge in [0.2, 0.25) is 0 Å². The Morgan fingerprint density at radius 3 is 2.19 bits per heavy atom. The summed E-state index contributed by atoms with van der Waals surface area (Å²) in [5, 5.41) is 4.63. The topological polar surface area (TPSA) is 103 Å². The number of esters is 1. The van der Waals surface area contributed by atoms with E-state index in [9.17, 15) is 14.4 Å². The highest BCUT2D eigenvalue weighted by Gasteiger charge is 2.11. The van der Waals surface area contributed by atoms with Crippen molar-refractivity contribution in [1.82, 2.24) is 10.6 Å². The van der Waals surface area contributed by atoms with Crippen molar-refractivity contribution in [2.24, 2.45) is 5.92 Å². The van der Waals surface area contributed by atoms with Crippen molar-refractivity contribution in [2.45, 2.75) is 27.2 Å². The van der Waals surface area contributed by atoms with Crippen molar-refractivity contribution in [1.29, 1.82) is 0 Å². The Kier molecular flexibility index (Phi) is 9.59. The molecule has 0 saturated carbocycles. The molecule has 8 heteroatoms. The second kappa shape index (κ2) is 11.7. The molecule has 3 amide bonds. The third-order valence-electron chi connectivity index (χ3n) is 3.12. The Morgan fingerprint density at radius 2 is 1.62 bits per heavy atom. The van der Waals surface area contributed by atoms with E-state index in [0.717, 1.165) is 6.42 Å². The molecular formula is C18H26N2O6. The summed E-state index contributed by atoms with van der Waals surface area (Å²) in [6.45, 7) is 6.06. The molecule has 1 aromatic rings. The Hall–Kier alpha value is -2.77. The lowest BCUT2D eigenvalue weighted by Crippen LogP contribution is -2.42. The second-order valence-electron chi connectivity index (χ2n) is 5.84. The molecule has 1 rings (SSSR count). The van der Waals surface area contributed by atoms with Gasteiger partial charge in [-0.1, -0.05) is 13.8 Å². The van der Waals surface area contributed by atoms with E-state index in [1.807, 2.05) is 20.8 Å². The number of rotatable bonds is 10. The van der Waals surface area contributed by atoms with Crippen LogP contribution in [0.1, 0.15) is 27.2 Å². The van der Waals surface area contributed by atoms with Crippen LogP contribution in [0.15, 0.2) is 24.3 Å². The minimum Gasteiger partial charge on any atom is -0.494 e. The quantitative estimate of drug-likeness (QED) is 0.613. The van der Waals surface area contributed by atoms with E-state index in [1.165, 1.54) is 0 Å². The molecule has 1 aromatic carbocycles. The Morgan fingerprint density at radius 1 is 1.00 bits per heavy atom. The maximum absolute atomic E-state index is 11.6. The van der Waals surface area contributed by atoms with Gasteiger partial charge in [-0.2, -0.15) is 0 Å². The Balaban J connectivity index is 2.20. The number of benzene rings is 1. The molecule has 0 aliphatic rings. The van der Waals surface area contributed by atoms with Gasteiger partial charge in [-0.25, -0.2) is 9.59 Å². The van der Waals surface area contributed by atoms with E-state index < -0.39 is 24.5 Å². The molecule has 0 unspecified atom stereocenters. The molecule has 8 nitrogen and oxygen atoms in total. The van der Waals surface area contributed by atoms with Gasteiger partial charge in [-0.3, -0.25) is 10.1 Å². The van der Waals surface area contributed by atoms with Crippen LogP contribution in [-0.2, 0) is 14.3 Å². The summed E-state index contributed by atoms with van der Waals surface area (Å²) in [5.41, 5.74) is 0. The Bertz CT molecular complexity index is 586. The van der Waals surface area contributed by atoms with Crippen LogP contribution in [0, 0.1) is 5.92 Å². The summed E-state index contributed by atoms with van der Waals surface area (Å²) in [5.74, 6) is 0.197. The molecule has 0 radical (unpaired) electrons. The van der Waals surface area contributed by atoms with E-state index in [1.54, 1.807) is 24.3 Å². The number of hydrogen-bond acceptors (Lipinski definition) is 6. The Labute approximate surface area is 153 Å². The summed E-state index contributed by atoms with van der Waals surface area (Å²) in [7, 11) is 0. The molecule has 0 fully saturated rings. The van der Waals surface area contributed by atoms with Crippen molar-refractivity contribution >= 4 is 17.9 Å². The molecule has 0 aliphatic heterocycles. The summed E-state index contributed by atoms with van der Waals surface area (Å²) >= 11 is 0. The highest BCUT2D eigenvalue weighted by atomic mass is 16.6. The molecule has 0 atom stereocenters. The lowest BCUT2D eigenvalue weighted by Gasteiger charge is -2.09. The van der Waals surface area contributed by atoms with Gasteiger partial charge in [0.15, 0.2) is 13.2 Å². The minimum atomic E-state index is -0.714. The fourth-order valence-corrected chi connectivity index (χ4v) is 1.81. The normalized spacial score (nSPS) is 10.2. The molecule has 0 spiro atoms. The standard InChI is InChI=1S/C18H26N2O6/c1-4-24-14-5-7-15(8-6-14)25-12-17(22)26-11-16(21)20-18(23)19-10-9-13(2)3/h5-8,13H,4,9-12H2,1-3H3,(H2,19,20,21,23). The van der Waals surface area contributed by atoms with Crippen LogP contribution < -0.4 is 20.1 Å². The van der Waals surface area contributed by atoms with Gasteiger partial charge in [-0.15, -0.1) is 0 Å². The lowest BCUT2D eigenvalue weighted by atomic mass is 10.1. The molecule has 144 valence electrons. The predicted molar refractivity (Wildman–Crippen MR) is 95.1 cm³/mol. The number of hydrogen-bond donors (Lipinski definition) is 2. The van der Waals surface area contributed by atoms with Crippen LogP contribution in [0.25, 0.3) is 0 Å². The first-order valence-corrected chi connectivity index (χ1v) is 8.49. The smallest absolute Gasteiger partial charge is 0.344 e. The highest BCUT2D eigenvalue weighted by molar-refractivity contribution is 5.95. The maximum atomic E-state index is 11.6. The fourth-order valence-electron chi connectivity index (χ4n) is 1.81. The van der Waals surface area contributed by atoms with Crippen molar-refractivity contribution in [3.8, 4) is 11.5 Å². The third-order valence-corrected chi connectivity index (χ3v) is 3.12. The van der Waals surface area contributed by atoms with E-state index in [0.29, 0.717) is 30.6 Å². The van der Waals surface area contributed by atoms with Gasteiger partial charge in [0.05, 0.1) is 6.61 Å². The number of carbonyl (C=O) groups is 3. The summed E-state index contributed by atoms with van der Waals surface area (Å²) in [6.07, 6.45) is 0.805. The van der Waals surface area contributed by atoms with Crippen molar-refractivity contribution in [3.05, 3.63) is 24.3 Å². The van der Waals surface area contributed by atoms with Gasteiger partial charge in [0, 0.05) is 6.54 Å². The zero-order chi connectivity index (χ0) is 19.4. The molecular weight excluding hydrogens is 340 g/mol. The van der Waals surface area contributed by atoms with Crippen LogP contribution in [0.5, 0.6) is 11.5 Å². The largest absolute Gasteiger partial charge is 0.494 e. The monoisotopic (exact) mass is 366 g/mol. The van der Waals surface area contributed by atoms with E-state index in [-0.39, 0.29) is 6.61 Å². The summed E-state index contributed by atoms with van der Waals surface area (Å²) < 4.78 is 15.3. The van der Waals surface area contributed by atoms with E-state index in [4.69, 9.17) is 14.2 Å². The number of urea groups is 1. The van der Waals surface area contributed by atoms with Gasteiger partial charge >= 0.3 is 12.0 Å². The molecule has 0 aliphatic carbocycles. The summed E-state index contributed by atoms with van der Waals surface area (Å²) in [4.78, 5) is 34.5. The molecule has 0 bridgehead atoms. The first kappa shape index (κ1) is 21.3. The summed E-state index contributed by atoms with van der Waals surface area (Å²) in [6, 6.07) is 6.14. The van der Waals surface area contributed by atoms with Crippen molar-refractivity contribution < 1.29 is 28.6 Å². The van der Waals surface area contributed by atoms with E-state index >= 15 is 0 Å². The van der Waals surface area contributed by atoms with Crippen LogP contribution in [0.4, 0.5) is 4.79 Å². The average molecular weight is 366 g/mol. The fraction of sp³-hybridized carbons (Fsp3) is 0.500. The minimum absolute atomic E-state index is 0.345. The predicted octanol–water partition coefficient (Wildman–Crippen LogP) is 1.88. The zero-order valence-corrected chi connectivity index (χ0v) is 15.4.